The largest absolute Gasteiger partial charge is 0.353 e. The zero-order valence-electron chi connectivity index (χ0n) is 11.1. The molecule has 16 heavy (non-hydrogen) atoms. The number of amides is 1. The van der Waals surface area contributed by atoms with Crippen molar-refractivity contribution < 1.29 is 4.79 Å². The number of rotatable bonds is 6. The number of carbonyl (C=O) groups is 1. The van der Waals surface area contributed by atoms with Gasteiger partial charge in [0.25, 0.3) is 0 Å². The molecule has 1 fully saturated rings. The van der Waals surface area contributed by atoms with Gasteiger partial charge in [0.15, 0.2) is 0 Å². The van der Waals surface area contributed by atoms with E-state index in [1.54, 1.807) is 0 Å². The Morgan fingerprint density at radius 2 is 1.94 bits per heavy atom. The molecule has 0 aromatic carbocycles. The lowest BCUT2D eigenvalue weighted by Crippen LogP contribution is -2.39. The fraction of sp³-hybridized carbons (Fsp3) is 0.929. The molecule has 0 spiro atoms. The van der Waals surface area contributed by atoms with Gasteiger partial charge in [0.2, 0.25) is 5.91 Å². The van der Waals surface area contributed by atoms with Gasteiger partial charge in [-0.1, -0.05) is 46.5 Å². The summed E-state index contributed by atoms with van der Waals surface area (Å²) in [6, 6.07) is 0.468. The van der Waals surface area contributed by atoms with E-state index in [1.807, 2.05) is 0 Å². The lowest BCUT2D eigenvalue weighted by Gasteiger charge is -2.22. The maximum Gasteiger partial charge on any atom is 0.223 e. The SMILES string of the molecule is CCCCC(C(=O)NC1CCCC1)C(C)C. The molecule has 0 aromatic rings. The summed E-state index contributed by atoms with van der Waals surface area (Å²) in [6.45, 7) is 6.51. The van der Waals surface area contributed by atoms with E-state index in [0.717, 1.165) is 6.42 Å². The Balaban J connectivity index is 2.39. The molecule has 1 atom stereocenters. The van der Waals surface area contributed by atoms with Crippen LogP contribution >= 0.6 is 0 Å². The van der Waals surface area contributed by atoms with Crippen molar-refractivity contribution in [3.8, 4) is 0 Å². The average molecular weight is 225 g/mol. The van der Waals surface area contributed by atoms with Crippen molar-refractivity contribution in [1.82, 2.24) is 5.32 Å². The fourth-order valence-electron chi connectivity index (χ4n) is 2.57. The van der Waals surface area contributed by atoms with E-state index < -0.39 is 0 Å². The predicted octanol–water partition coefficient (Wildman–Crippen LogP) is 3.51. The normalized spacial score (nSPS) is 19.0. The standard InChI is InChI=1S/C14H27NO/c1-4-5-10-13(11(2)3)14(16)15-12-8-6-7-9-12/h11-13H,4-10H2,1-3H3,(H,15,16). The van der Waals surface area contributed by atoms with Crippen molar-refractivity contribution >= 4 is 5.91 Å². The molecule has 1 rings (SSSR count). The molecule has 0 aliphatic heterocycles. The smallest absolute Gasteiger partial charge is 0.223 e. The molecule has 1 saturated carbocycles. The summed E-state index contributed by atoms with van der Waals surface area (Å²) in [4.78, 5) is 12.1. The minimum absolute atomic E-state index is 0.223. The first-order valence-electron chi connectivity index (χ1n) is 6.95. The second-order valence-electron chi connectivity index (χ2n) is 5.48. The van der Waals surface area contributed by atoms with E-state index in [9.17, 15) is 4.79 Å². The molecule has 1 aliphatic rings. The number of unbranched alkanes of at least 4 members (excludes halogenated alkanes) is 1. The van der Waals surface area contributed by atoms with Gasteiger partial charge in [-0.2, -0.15) is 0 Å². The highest BCUT2D eigenvalue weighted by Crippen LogP contribution is 2.22. The van der Waals surface area contributed by atoms with Crippen LogP contribution in [0.2, 0.25) is 0 Å². The molecule has 94 valence electrons. The highest BCUT2D eigenvalue weighted by atomic mass is 16.1. The van der Waals surface area contributed by atoms with Crippen molar-refractivity contribution in [3.05, 3.63) is 0 Å². The van der Waals surface area contributed by atoms with Crippen LogP contribution in [0.25, 0.3) is 0 Å². The van der Waals surface area contributed by atoms with Crippen LogP contribution in [0.5, 0.6) is 0 Å². The third kappa shape index (κ3) is 4.15. The summed E-state index contributed by atoms with van der Waals surface area (Å²) in [5.41, 5.74) is 0. The minimum Gasteiger partial charge on any atom is -0.353 e. The van der Waals surface area contributed by atoms with Crippen LogP contribution in [0.15, 0.2) is 0 Å². The third-order valence-corrected chi connectivity index (χ3v) is 3.71. The first kappa shape index (κ1) is 13.5. The van der Waals surface area contributed by atoms with Crippen LogP contribution < -0.4 is 5.32 Å². The molecule has 1 aliphatic carbocycles. The topological polar surface area (TPSA) is 29.1 Å². The van der Waals surface area contributed by atoms with Crippen molar-refractivity contribution in [2.45, 2.75) is 71.8 Å². The minimum atomic E-state index is 0.223. The summed E-state index contributed by atoms with van der Waals surface area (Å²) in [5, 5.41) is 3.23. The molecule has 0 aromatic heterocycles. The quantitative estimate of drug-likeness (QED) is 0.736. The van der Waals surface area contributed by atoms with Gasteiger partial charge in [-0.05, 0) is 25.2 Å². The van der Waals surface area contributed by atoms with Crippen LogP contribution in [0.1, 0.15) is 65.7 Å². The lowest BCUT2D eigenvalue weighted by molar-refractivity contribution is -0.127. The molecule has 0 saturated heterocycles. The van der Waals surface area contributed by atoms with Gasteiger partial charge in [-0.15, -0.1) is 0 Å². The van der Waals surface area contributed by atoms with Crippen LogP contribution in [0.4, 0.5) is 0 Å². The summed E-state index contributed by atoms with van der Waals surface area (Å²) < 4.78 is 0. The van der Waals surface area contributed by atoms with E-state index in [0.29, 0.717) is 17.9 Å². The van der Waals surface area contributed by atoms with Crippen molar-refractivity contribution in [2.75, 3.05) is 0 Å². The zero-order valence-corrected chi connectivity index (χ0v) is 11.1. The Morgan fingerprint density at radius 1 is 1.31 bits per heavy atom. The summed E-state index contributed by atoms with van der Waals surface area (Å²) in [6.07, 6.45) is 8.33. The molecule has 2 nitrogen and oxygen atoms in total. The second kappa shape index (κ2) is 6.93. The molecule has 1 amide bonds. The van der Waals surface area contributed by atoms with Gasteiger partial charge >= 0.3 is 0 Å². The van der Waals surface area contributed by atoms with E-state index in [-0.39, 0.29) is 5.92 Å². The maximum atomic E-state index is 12.1. The van der Waals surface area contributed by atoms with E-state index in [4.69, 9.17) is 0 Å². The van der Waals surface area contributed by atoms with Gasteiger partial charge < -0.3 is 5.32 Å². The van der Waals surface area contributed by atoms with Crippen molar-refractivity contribution in [3.63, 3.8) is 0 Å². The monoisotopic (exact) mass is 225 g/mol. The Morgan fingerprint density at radius 3 is 2.44 bits per heavy atom. The first-order chi connectivity index (χ1) is 7.65. The van der Waals surface area contributed by atoms with Crippen LogP contribution in [0, 0.1) is 11.8 Å². The molecule has 2 heteroatoms. The van der Waals surface area contributed by atoms with Gasteiger partial charge in [0.05, 0.1) is 0 Å². The zero-order chi connectivity index (χ0) is 12.0. The fourth-order valence-corrected chi connectivity index (χ4v) is 2.57. The molecule has 1 N–H and O–H groups in total. The second-order valence-corrected chi connectivity index (χ2v) is 5.48. The van der Waals surface area contributed by atoms with E-state index in [2.05, 4.69) is 26.1 Å². The Labute approximate surface area is 100 Å². The molecule has 0 radical (unpaired) electrons. The van der Waals surface area contributed by atoms with Crippen LogP contribution in [-0.2, 0) is 4.79 Å². The Kier molecular flexibility index (Phi) is 5.86. The number of carbonyl (C=O) groups excluding carboxylic acids is 1. The number of hydrogen-bond donors (Lipinski definition) is 1. The Bertz CT molecular complexity index is 207. The highest BCUT2D eigenvalue weighted by molar-refractivity contribution is 5.79. The maximum absolute atomic E-state index is 12.1. The van der Waals surface area contributed by atoms with Gasteiger partial charge in [-0.3, -0.25) is 4.79 Å². The van der Waals surface area contributed by atoms with Gasteiger partial charge in [0.1, 0.15) is 0 Å². The van der Waals surface area contributed by atoms with E-state index >= 15 is 0 Å². The predicted molar refractivity (Wildman–Crippen MR) is 68.3 cm³/mol. The van der Waals surface area contributed by atoms with Gasteiger partial charge in [0, 0.05) is 12.0 Å². The first-order valence-corrected chi connectivity index (χ1v) is 6.95. The molecule has 0 heterocycles. The van der Waals surface area contributed by atoms with Gasteiger partial charge in [-0.25, -0.2) is 0 Å². The summed E-state index contributed by atoms with van der Waals surface area (Å²) >= 11 is 0. The van der Waals surface area contributed by atoms with E-state index in [1.165, 1.54) is 38.5 Å². The molecular weight excluding hydrogens is 198 g/mol. The van der Waals surface area contributed by atoms with Crippen LogP contribution in [0.3, 0.4) is 0 Å². The average Bonchev–Trinajstić information content (AvgIpc) is 2.70. The Hall–Kier alpha value is -0.530. The number of hydrogen-bond acceptors (Lipinski definition) is 1. The lowest BCUT2D eigenvalue weighted by atomic mass is 9.89. The number of nitrogens with one attached hydrogen (secondary N) is 1. The highest BCUT2D eigenvalue weighted by Gasteiger charge is 2.25. The molecule has 0 bridgehead atoms. The summed E-state index contributed by atoms with van der Waals surface area (Å²) in [7, 11) is 0. The van der Waals surface area contributed by atoms with Crippen molar-refractivity contribution in [2.24, 2.45) is 11.8 Å². The summed E-state index contributed by atoms with van der Waals surface area (Å²) in [5.74, 6) is 0.990. The van der Waals surface area contributed by atoms with Crippen molar-refractivity contribution in [1.29, 1.82) is 0 Å². The third-order valence-electron chi connectivity index (χ3n) is 3.71. The van der Waals surface area contributed by atoms with Crippen LogP contribution in [-0.4, -0.2) is 11.9 Å². The molecular formula is C14H27NO. The molecule has 1 unspecified atom stereocenters.